The van der Waals surface area contributed by atoms with Gasteiger partial charge in [-0.15, -0.1) is 0 Å². The second-order valence-electron chi connectivity index (χ2n) is 5.20. The maximum absolute atomic E-state index is 5.99. The van der Waals surface area contributed by atoms with Crippen LogP contribution in [0, 0.1) is 0 Å². The highest BCUT2D eigenvalue weighted by atomic mass is 15.2. The molecule has 0 saturated heterocycles. The molecule has 6 nitrogen and oxygen atoms in total. The Bertz CT molecular complexity index is 529. The second kappa shape index (κ2) is 6.67. The van der Waals surface area contributed by atoms with Crippen molar-refractivity contribution in [2.75, 3.05) is 13.6 Å². The van der Waals surface area contributed by atoms with Crippen LogP contribution in [0.2, 0.25) is 0 Å². The molecule has 0 saturated carbocycles. The van der Waals surface area contributed by atoms with E-state index in [1.165, 1.54) is 11.3 Å². The summed E-state index contributed by atoms with van der Waals surface area (Å²) in [6.45, 7) is 4.55. The number of imidazole rings is 1. The van der Waals surface area contributed by atoms with E-state index < -0.39 is 0 Å². The molecule has 0 aromatic carbocycles. The topological polar surface area (TPSA) is 64.9 Å². The van der Waals surface area contributed by atoms with Gasteiger partial charge in [0.2, 0.25) is 0 Å². The summed E-state index contributed by atoms with van der Waals surface area (Å²) in [6.07, 6.45) is 8.83. The van der Waals surface area contributed by atoms with Gasteiger partial charge >= 0.3 is 0 Å². The van der Waals surface area contributed by atoms with Crippen LogP contribution in [-0.2, 0) is 20.1 Å². The van der Waals surface area contributed by atoms with Gasteiger partial charge in [-0.25, -0.2) is 4.98 Å². The molecule has 0 spiro atoms. The van der Waals surface area contributed by atoms with Gasteiger partial charge in [-0.3, -0.25) is 9.58 Å². The lowest BCUT2D eigenvalue weighted by atomic mass is 10.1. The van der Waals surface area contributed by atoms with Crippen LogP contribution in [0.25, 0.3) is 0 Å². The maximum Gasteiger partial charge on any atom is 0.0948 e. The van der Waals surface area contributed by atoms with Gasteiger partial charge in [-0.1, -0.05) is 6.92 Å². The zero-order valence-electron chi connectivity index (χ0n) is 12.5. The van der Waals surface area contributed by atoms with E-state index in [1.807, 2.05) is 36.6 Å². The number of aryl methyl sites for hydroxylation is 2. The molecule has 0 aliphatic rings. The first-order valence-corrected chi connectivity index (χ1v) is 7.03. The molecule has 0 fully saturated rings. The first kappa shape index (κ1) is 14.7. The molecule has 1 unspecified atom stereocenters. The minimum Gasteiger partial charge on any atom is -0.333 e. The quantitative estimate of drug-likeness (QED) is 0.824. The molecule has 2 aromatic rings. The molecule has 0 bridgehead atoms. The fraction of sp³-hybridized carbons (Fsp3) is 0.571. The largest absolute Gasteiger partial charge is 0.333 e. The van der Waals surface area contributed by atoms with Crippen LogP contribution in [0.4, 0.5) is 0 Å². The zero-order valence-corrected chi connectivity index (χ0v) is 12.5. The Balaban J connectivity index is 2.12. The van der Waals surface area contributed by atoms with E-state index >= 15 is 0 Å². The van der Waals surface area contributed by atoms with E-state index in [0.29, 0.717) is 6.54 Å². The minimum atomic E-state index is 0.171. The number of hydrogen-bond acceptors (Lipinski definition) is 4. The van der Waals surface area contributed by atoms with Gasteiger partial charge in [0, 0.05) is 44.6 Å². The Morgan fingerprint density at radius 1 is 1.40 bits per heavy atom. The summed E-state index contributed by atoms with van der Waals surface area (Å²) >= 11 is 0. The highest BCUT2D eigenvalue weighted by Crippen LogP contribution is 2.20. The smallest absolute Gasteiger partial charge is 0.0948 e. The molecular formula is C14H24N6. The summed E-state index contributed by atoms with van der Waals surface area (Å²) in [6, 6.07) is 0.171. The molecule has 20 heavy (non-hydrogen) atoms. The Morgan fingerprint density at radius 3 is 2.80 bits per heavy atom. The van der Waals surface area contributed by atoms with Gasteiger partial charge in [0.05, 0.1) is 24.3 Å². The minimum absolute atomic E-state index is 0.171. The van der Waals surface area contributed by atoms with Gasteiger partial charge < -0.3 is 10.3 Å². The Morgan fingerprint density at radius 2 is 2.20 bits per heavy atom. The normalized spacial score (nSPS) is 13.1. The van der Waals surface area contributed by atoms with Gasteiger partial charge in [-0.05, 0) is 13.5 Å². The van der Waals surface area contributed by atoms with Crippen LogP contribution in [-0.4, -0.2) is 37.8 Å². The third kappa shape index (κ3) is 3.26. The molecule has 2 rings (SSSR count). The van der Waals surface area contributed by atoms with E-state index in [1.54, 1.807) is 0 Å². The molecule has 2 heterocycles. The standard InChI is InChI=1S/C14H24N6/c1-4-5-20-11-16-8-14(20)13(6-15)18(2)9-12-7-17-19(3)10-12/h7-8,10-11,13H,4-6,9,15H2,1-3H3. The Hall–Kier alpha value is -1.66. The molecule has 0 amide bonds. The summed E-state index contributed by atoms with van der Waals surface area (Å²) in [5.74, 6) is 0. The molecule has 2 aromatic heterocycles. The number of likely N-dealkylation sites (N-methyl/N-ethyl adjacent to an activating group) is 1. The third-order valence-electron chi connectivity index (χ3n) is 3.50. The van der Waals surface area contributed by atoms with E-state index in [2.05, 4.69) is 33.5 Å². The fourth-order valence-electron chi connectivity index (χ4n) is 2.51. The number of aromatic nitrogens is 4. The number of nitrogens with two attached hydrogens (primary N) is 1. The second-order valence-corrected chi connectivity index (χ2v) is 5.20. The van der Waals surface area contributed by atoms with Crippen molar-refractivity contribution in [2.24, 2.45) is 12.8 Å². The van der Waals surface area contributed by atoms with Crippen molar-refractivity contribution in [1.82, 2.24) is 24.2 Å². The lowest BCUT2D eigenvalue weighted by Crippen LogP contribution is -2.31. The van der Waals surface area contributed by atoms with Crippen molar-refractivity contribution in [3.63, 3.8) is 0 Å². The van der Waals surface area contributed by atoms with Crippen molar-refractivity contribution in [2.45, 2.75) is 32.5 Å². The summed E-state index contributed by atoms with van der Waals surface area (Å²) in [7, 11) is 4.02. The Labute approximate surface area is 120 Å². The monoisotopic (exact) mass is 276 g/mol. The summed E-state index contributed by atoms with van der Waals surface area (Å²) in [5, 5.41) is 4.21. The average Bonchev–Trinajstić information content (AvgIpc) is 3.01. The van der Waals surface area contributed by atoms with Gasteiger partial charge in [0.15, 0.2) is 0 Å². The van der Waals surface area contributed by atoms with Crippen LogP contribution in [0.5, 0.6) is 0 Å². The first-order valence-electron chi connectivity index (χ1n) is 7.03. The Kier molecular flexibility index (Phi) is 4.92. The molecule has 2 N–H and O–H groups in total. The molecule has 0 radical (unpaired) electrons. The van der Waals surface area contributed by atoms with Crippen LogP contribution in [0.3, 0.4) is 0 Å². The lowest BCUT2D eigenvalue weighted by molar-refractivity contribution is 0.232. The summed E-state index contributed by atoms with van der Waals surface area (Å²) in [4.78, 5) is 6.52. The predicted octanol–water partition coefficient (Wildman–Crippen LogP) is 1.16. The predicted molar refractivity (Wildman–Crippen MR) is 79.0 cm³/mol. The fourth-order valence-corrected chi connectivity index (χ4v) is 2.51. The first-order chi connectivity index (χ1) is 9.65. The van der Waals surface area contributed by atoms with E-state index in [-0.39, 0.29) is 6.04 Å². The highest BCUT2D eigenvalue weighted by molar-refractivity contribution is 5.09. The average molecular weight is 276 g/mol. The van der Waals surface area contributed by atoms with E-state index in [0.717, 1.165) is 19.5 Å². The van der Waals surface area contributed by atoms with Crippen molar-refractivity contribution < 1.29 is 0 Å². The molecule has 0 aliphatic carbocycles. The van der Waals surface area contributed by atoms with Crippen LogP contribution in [0.15, 0.2) is 24.9 Å². The van der Waals surface area contributed by atoms with Crippen molar-refractivity contribution in [3.05, 3.63) is 36.2 Å². The third-order valence-corrected chi connectivity index (χ3v) is 3.50. The molecule has 1 atom stereocenters. The van der Waals surface area contributed by atoms with Crippen molar-refractivity contribution in [1.29, 1.82) is 0 Å². The SMILES string of the molecule is CCCn1cncc1C(CN)N(C)Cc1cnn(C)c1. The number of nitrogens with zero attached hydrogens (tertiary/aromatic N) is 5. The summed E-state index contributed by atoms with van der Waals surface area (Å²) < 4.78 is 4.01. The van der Waals surface area contributed by atoms with Crippen molar-refractivity contribution >= 4 is 0 Å². The van der Waals surface area contributed by atoms with Crippen LogP contribution >= 0.6 is 0 Å². The summed E-state index contributed by atoms with van der Waals surface area (Å²) in [5.41, 5.74) is 8.36. The van der Waals surface area contributed by atoms with E-state index in [9.17, 15) is 0 Å². The molecule has 0 aliphatic heterocycles. The van der Waals surface area contributed by atoms with Crippen LogP contribution < -0.4 is 5.73 Å². The maximum atomic E-state index is 5.99. The molecule has 6 heteroatoms. The highest BCUT2D eigenvalue weighted by Gasteiger charge is 2.19. The molecule has 110 valence electrons. The van der Waals surface area contributed by atoms with E-state index in [4.69, 9.17) is 5.73 Å². The number of hydrogen-bond donors (Lipinski definition) is 1. The zero-order chi connectivity index (χ0) is 14.5. The van der Waals surface area contributed by atoms with Gasteiger partial charge in [0.25, 0.3) is 0 Å². The number of rotatable bonds is 7. The van der Waals surface area contributed by atoms with Gasteiger partial charge in [0.1, 0.15) is 0 Å². The molecular weight excluding hydrogens is 252 g/mol. The van der Waals surface area contributed by atoms with Gasteiger partial charge in [-0.2, -0.15) is 5.10 Å². The van der Waals surface area contributed by atoms with Crippen molar-refractivity contribution in [3.8, 4) is 0 Å². The lowest BCUT2D eigenvalue weighted by Gasteiger charge is -2.27. The van der Waals surface area contributed by atoms with Crippen LogP contribution in [0.1, 0.15) is 30.6 Å².